The van der Waals surface area contributed by atoms with Crippen LogP contribution in [0.3, 0.4) is 0 Å². The van der Waals surface area contributed by atoms with Crippen LogP contribution in [0, 0.1) is 0 Å². The van der Waals surface area contributed by atoms with Crippen molar-refractivity contribution >= 4 is 17.8 Å². The first-order valence-electron chi connectivity index (χ1n) is 9.46. The Hall–Kier alpha value is -2.98. The summed E-state index contributed by atoms with van der Waals surface area (Å²) < 4.78 is 17.0. The average Bonchev–Trinajstić information content (AvgIpc) is 3.42. The first-order valence-corrected chi connectivity index (χ1v) is 9.46. The number of nitrogens with zero attached hydrogens (tertiary/aromatic N) is 2. The van der Waals surface area contributed by atoms with Crippen LogP contribution in [-0.4, -0.2) is 59.3 Å². The Morgan fingerprint density at radius 3 is 2.69 bits per heavy atom. The Bertz CT molecular complexity index is 858. The third-order valence-electron chi connectivity index (χ3n) is 4.93. The number of carboxylic acid groups (broad SMARTS) is 1. The van der Waals surface area contributed by atoms with Crippen molar-refractivity contribution in [1.29, 1.82) is 0 Å². The van der Waals surface area contributed by atoms with Gasteiger partial charge in [0, 0.05) is 18.6 Å². The summed E-state index contributed by atoms with van der Waals surface area (Å²) in [4.78, 5) is 31.2. The summed E-state index contributed by atoms with van der Waals surface area (Å²) in [6.07, 6.45) is 2.91. The van der Waals surface area contributed by atoms with Gasteiger partial charge in [0.1, 0.15) is 17.9 Å². The predicted molar refractivity (Wildman–Crippen MR) is 97.4 cm³/mol. The molecule has 4 rings (SSSR count). The summed E-state index contributed by atoms with van der Waals surface area (Å²) in [5.41, 5.74) is 0.664. The highest BCUT2D eigenvalue weighted by Gasteiger charge is 2.48. The Morgan fingerprint density at radius 2 is 1.93 bits per heavy atom. The van der Waals surface area contributed by atoms with E-state index in [1.54, 1.807) is 24.6 Å². The monoisotopic (exact) mass is 401 g/mol. The van der Waals surface area contributed by atoms with Crippen molar-refractivity contribution in [3.8, 4) is 11.5 Å². The number of carbonyl (C=O) groups excluding carboxylic acids is 2. The minimum absolute atomic E-state index is 0.122. The number of anilines is 1. The molecule has 2 aliphatic heterocycles. The molecule has 2 aromatic heterocycles. The minimum Gasteiger partial charge on any atom is -0.550 e. The maximum atomic E-state index is 12.0. The van der Waals surface area contributed by atoms with Gasteiger partial charge in [-0.2, -0.15) is 0 Å². The van der Waals surface area contributed by atoms with Crippen molar-refractivity contribution in [2.45, 2.75) is 43.6 Å². The highest BCUT2D eigenvalue weighted by molar-refractivity contribution is 5.77. The van der Waals surface area contributed by atoms with Gasteiger partial charge >= 0.3 is 0 Å². The highest BCUT2D eigenvalue weighted by Crippen LogP contribution is 2.29. The van der Waals surface area contributed by atoms with Crippen LogP contribution < -0.4 is 15.7 Å². The van der Waals surface area contributed by atoms with Crippen LogP contribution in [0.15, 0.2) is 35.1 Å². The molecular formula is C19H21N4O6-. The number of carboxylic acids is 1. The van der Waals surface area contributed by atoms with Crippen molar-refractivity contribution in [3.05, 3.63) is 30.7 Å². The second kappa shape index (κ2) is 8.58. The van der Waals surface area contributed by atoms with Gasteiger partial charge in [-0.15, -0.1) is 0 Å². The minimum atomic E-state index is -1.16. The maximum absolute atomic E-state index is 12.0. The van der Waals surface area contributed by atoms with Crippen molar-refractivity contribution in [2.24, 2.45) is 0 Å². The van der Waals surface area contributed by atoms with Crippen LogP contribution >= 0.6 is 0 Å². The fourth-order valence-corrected chi connectivity index (χ4v) is 3.57. The summed E-state index contributed by atoms with van der Waals surface area (Å²) in [5.74, 6) is -0.301. The second-order valence-electron chi connectivity index (χ2n) is 6.99. The Kier molecular flexibility index (Phi) is 5.72. The number of aromatic nitrogens is 2. The smallest absolute Gasteiger partial charge is 0.223 e. The molecule has 2 N–H and O–H groups in total. The van der Waals surface area contributed by atoms with Gasteiger partial charge in [0.2, 0.25) is 11.9 Å². The van der Waals surface area contributed by atoms with Gasteiger partial charge in [-0.1, -0.05) is 0 Å². The first-order chi connectivity index (χ1) is 14.1. The number of nitrogens with one attached hydrogen (secondary N) is 2. The lowest BCUT2D eigenvalue weighted by atomic mass is 10.1. The molecule has 0 saturated carbocycles. The van der Waals surface area contributed by atoms with Gasteiger partial charge in [-0.05, 0) is 31.0 Å². The third kappa shape index (κ3) is 4.54. The van der Waals surface area contributed by atoms with Gasteiger partial charge in [-0.3, -0.25) is 4.79 Å². The lowest BCUT2D eigenvalue weighted by Crippen LogP contribution is -2.44. The molecule has 1 amide bonds. The second-order valence-corrected chi connectivity index (χ2v) is 6.99. The first kappa shape index (κ1) is 19.3. The Labute approximate surface area is 166 Å². The Morgan fingerprint density at radius 1 is 1.14 bits per heavy atom. The molecule has 0 radical (unpaired) electrons. The van der Waals surface area contributed by atoms with Crippen LogP contribution in [0.4, 0.5) is 5.95 Å². The van der Waals surface area contributed by atoms with Gasteiger partial charge < -0.3 is 34.4 Å². The van der Waals surface area contributed by atoms with Crippen molar-refractivity contribution in [1.82, 2.24) is 15.3 Å². The van der Waals surface area contributed by atoms with E-state index in [0.29, 0.717) is 30.6 Å². The van der Waals surface area contributed by atoms with Crippen LogP contribution in [0.5, 0.6) is 0 Å². The molecule has 0 bridgehead atoms. The van der Waals surface area contributed by atoms with Crippen LogP contribution in [0.2, 0.25) is 0 Å². The molecule has 154 valence electrons. The van der Waals surface area contributed by atoms with Crippen LogP contribution in [-0.2, 0) is 19.1 Å². The largest absolute Gasteiger partial charge is 0.550 e. The predicted octanol–water partition coefficient (Wildman–Crippen LogP) is -0.280. The van der Waals surface area contributed by atoms with Gasteiger partial charge in [0.15, 0.2) is 5.76 Å². The van der Waals surface area contributed by atoms with Gasteiger partial charge in [0.25, 0.3) is 0 Å². The van der Waals surface area contributed by atoms with Crippen molar-refractivity contribution in [2.75, 3.05) is 18.5 Å². The number of aliphatic carboxylic acids is 1. The van der Waals surface area contributed by atoms with E-state index in [4.69, 9.17) is 13.9 Å². The van der Waals surface area contributed by atoms with E-state index in [9.17, 15) is 14.7 Å². The summed E-state index contributed by atoms with van der Waals surface area (Å²) in [5, 5.41) is 16.5. The molecule has 0 aliphatic carbocycles. The van der Waals surface area contributed by atoms with Crippen LogP contribution in [0.25, 0.3) is 11.5 Å². The molecule has 0 unspecified atom stereocenters. The zero-order valence-electron chi connectivity index (χ0n) is 15.6. The van der Waals surface area contributed by atoms with Gasteiger partial charge in [-0.25, -0.2) is 9.97 Å². The lowest BCUT2D eigenvalue weighted by molar-refractivity contribution is -0.305. The van der Waals surface area contributed by atoms with Crippen molar-refractivity contribution < 1.29 is 28.6 Å². The molecule has 4 heterocycles. The summed E-state index contributed by atoms with van der Waals surface area (Å²) in [7, 11) is 0. The van der Waals surface area contributed by atoms with E-state index < -0.39 is 5.97 Å². The fraction of sp³-hybridized carbons (Fsp3) is 0.474. The third-order valence-corrected chi connectivity index (χ3v) is 4.93. The normalized spacial score (nSPS) is 25.5. The molecule has 2 saturated heterocycles. The molecule has 4 atom stereocenters. The molecule has 2 aromatic rings. The molecule has 2 fully saturated rings. The Balaban J connectivity index is 1.32. The summed E-state index contributed by atoms with van der Waals surface area (Å²) >= 11 is 0. The van der Waals surface area contributed by atoms with E-state index in [1.165, 1.54) is 0 Å². The van der Waals surface area contributed by atoms with Gasteiger partial charge in [0.05, 0.1) is 31.6 Å². The fourth-order valence-electron chi connectivity index (χ4n) is 3.57. The standard InChI is InChI=1S/C19H22N4O6/c24-15(4-1-5-16(25)26)21-12-9-28-18-13(10-29-17(12)18)23-19-20-7-6-11(22-19)14-3-2-8-27-14/h2-3,6-8,12-13,17-18H,1,4-5,9-10H2,(H,21,24)(H,25,26)(H,20,22,23)/p-1/t12-,13-,17+,18+/m0/s1. The summed E-state index contributed by atoms with van der Waals surface area (Å²) in [6, 6.07) is 4.93. The number of ether oxygens (including phenoxy) is 2. The van der Waals surface area contributed by atoms with E-state index in [1.807, 2.05) is 6.07 Å². The van der Waals surface area contributed by atoms with E-state index in [2.05, 4.69) is 20.6 Å². The average molecular weight is 401 g/mol. The molecule has 0 spiro atoms. The quantitative estimate of drug-likeness (QED) is 0.611. The van der Waals surface area contributed by atoms with E-state index >= 15 is 0 Å². The number of carbonyl (C=O) groups is 2. The molecule has 0 aromatic carbocycles. The molecule has 10 nitrogen and oxygen atoms in total. The number of fused-ring (bicyclic) bond motifs is 1. The molecule has 29 heavy (non-hydrogen) atoms. The number of amides is 1. The number of hydrogen-bond acceptors (Lipinski definition) is 9. The van der Waals surface area contributed by atoms with Crippen molar-refractivity contribution in [3.63, 3.8) is 0 Å². The topological polar surface area (TPSA) is 139 Å². The molecule has 2 aliphatic rings. The zero-order chi connectivity index (χ0) is 20.2. The number of rotatable bonds is 8. The molecular weight excluding hydrogens is 380 g/mol. The van der Waals surface area contributed by atoms with Crippen LogP contribution in [0.1, 0.15) is 19.3 Å². The number of furan rings is 1. The molecule has 10 heteroatoms. The summed E-state index contributed by atoms with van der Waals surface area (Å²) in [6.45, 7) is 0.716. The van der Waals surface area contributed by atoms with E-state index in [0.717, 1.165) is 0 Å². The lowest BCUT2D eigenvalue weighted by Gasteiger charge is -2.18. The van der Waals surface area contributed by atoms with E-state index in [-0.39, 0.29) is 49.5 Å². The highest BCUT2D eigenvalue weighted by atomic mass is 16.6. The SMILES string of the molecule is O=C([O-])CCCC(=O)N[C@H]1CO[C@H]2[C@@H]1OC[C@@H]2Nc1nccc(-c2ccco2)n1. The number of hydrogen-bond donors (Lipinski definition) is 2. The zero-order valence-corrected chi connectivity index (χ0v) is 15.6. The maximum Gasteiger partial charge on any atom is 0.223 e.